The predicted octanol–water partition coefficient (Wildman–Crippen LogP) is 3.59. The summed E-state index contributed by atoms with van der Waals surface area (Å²) in [7, 11) is 0. The Morgan fingerprint density at radius 2 is 1.95 bits per heavy atom. The molecule has 1 aliphatic rings. The van der Waals surface area contributed by atoms with E-state index in [4.69, 9.17) is 21.7 Å². The van der Waals surface area contributed by atoms with Gasteiger partial charge in [-0.25, -0.2) is 0 Å². The predicted molar refractivity (Wildman–Crippen MR) is 93.3 cm³/mol. The van der Waals surface area contributed by atoms with Crippen molar-refractivity contribution in [2.24, 2.45) is 5.92 Å². The molecule has 1 aromatic carbocycles. The number of ether oxygens (including phenoxy) is 2. The summed E-state index contributed by atoms with van der Waals surface area (Å²) >= 11 is 5.35. The van der Waals surface area contributed by atoms with E-state index in [1.807, 2.05) is 18.2 Å². The van der Waals surface area contributed by atoms with Crippen LogP contribution in [-0.2, 0) is 6.54 Å². The Labute approximate surface area is 138 Å². The van der Waals surface area contributed by atoms with Crippen molar-refractivity contribution in [2.45, 2.75) is 52.6 Å². The molecule has 2 rings (SSSR count). The van der Waals surface area contributed by atoms with E-state index < -0.39 is 0 Å². The van der Waals surface area contributed by atoms with Gasteiger partial charge < -0.3 is 20.1 Å². The topological polar surface area (TPSA) is 42.5 Å². The Balaban J connectivity index is 1.69. The van der Waals surface area contributed by atoms with Gasteiger partial charge in [-0.15, -0.1) is 0 Å². The number of hydrogen-bond acceptors (Lipinski definition) is 3. The van der Waals surface area contributed by atoms with Crippen LogP contribution in [-0.4, -0.2) is 17.9 Å². The van der Waals surface area contributed by atoms with E-state index in [1.165, 1.54) is 12.8 Å². The molecule has 2 N–H and O–H groups in total. The Morgan fingerprint density at radius 3 is 2.73 bits per heavy atom. The maximum Gasteiger partial charge on any atom is 0.231 e. The molecule has 1 heterocycles. The van der Waals surface area contributed by atoms with Crippen LogP contribution in [0.25, 0.3) is 0 Å². The van der Waals surface area contributed by atoms with E-state index in [-0.39, 0.29) is 0 Å². The highest BCUT2D eigenvalue weighted by Crippen LogP contribution is 2.32. The molecule has 5 heteroatoms. The molecule has 1 atom stereocenters. The lowest BCUT2D eigenvalue weighted by atomic mass is 10.0. The molecule has 0 radical (unpaired) electrons. The first-order chi connectivity index (χ1) is 10.5. The lowest BCUT2D eigenvalue weighted by Crippen LogP contribution is -2.40. The highest BCUT2D eigenvalue weighted by molar-refractivity contribution is 7.80. The van der Waals surface area contributed by atoms with Crippen LogP contribution >= 0.6 is 12.2 Å². The third kappa shape index (κ3) is 5.37. The summed E-state index contributed by atoms with van der Waals surface area (Å²) in [5.74, 6) is 2.38. The third-order valence-electron chi connectivity index (χ3n) is 3.69. The molecule has 4 nitrogen and oxygen atoms in total. The molecule has 22 heavy (non-hydrogen) atoms. The lowest BCUT2D eigenvalue weighted by Gasteiger charge is -2.17. The Morgan fingerprint density at radius 1 is 1.18 bits per heavy atom. The fourth-order valence-electron chi connectivity index (χ4n) is 2.41. The molecule has 0 aromatic heterocycles. The van der Waals surface area contributed by atoms with Gasteiger partial charge in [-0.05, 0) is 49.2 Å². The zero-order valence-corrected chi connectivity index (χ0v) is 14.5. The van der Waals surface area contributed by atoms with Crippen LogP contribution in [0.4, 0.5) is 0 Å². The van der Waals surface area contributed by atoms with Gasteiger partial charge in [0.05, 0.1) is 0 Å². The van der Waals surface area contributed by atoms with E-state index in [9.17, 15) is 0 Å². The van der Waals surface area contributed by atoms with Gasteiger partial charge in [0.15, 0.2) is 16.6 Å². The zero-order valence-electron chi connectivity index (χ0n) is 13.6. The molecule has 1 aromatic rings. The average molecular weight is 322 g/mol. The number of benzene rings is 1. The molecule has 0 bridgehead atoms. The molecule has 1 aliphatic heterocycles. The molecule has 0 aliphatic carbocycles. The summed E-state index contributed by atoms with van der Waals surface area (Å²) in [5.41, 5.74) is 1.13. The number of thiocarbonyl (C=S) groups is 1. The van der Waals surface area contributed by atoms with E-state index in [1.54, 1.807) is 0 Å². The molecule has 0 fully saturated rings. The second kappa shape index (κ2) is 8.22. The quantitative estimate of drug-likeness (QED) is 0.751. The lowest BCUT2D eigenvalue weighted by molar-refractivity contribution is 0.174. The minimum absolute atomic E-state index is 0.306. The first-order valence-corrected chi connectivity index (χ1v) is 8.38. The highest BCUT2D eigenvalue weighted by Gasteiger charge is 2.13. The van der Waals surface area contributed by atoms with Crippen LogP contribution in [0, 0.1) is 5.92 Å². The van der Waals surface area contributed by atoms with Gasteiger partial charge in [0.25, 0.3) is 0 Å². The maximum atomic E-state index is 5.38. The summed E-state index contributed by atoms with van der Waals surface area (Å²) < 4.78 is 10.7. The highest BCUT2D eigenvalue weighted by atomic mass is 32.1. The maximum absolute atomic E-state index is 5.38. The van der Waals surface area contributed by atoms with E-state index in [0.29, 0.717) is 24.5 Å². The normalized spacial score (nSPS) is 14.0. The second-order valence-electron chi connectivity index (χ2n) is 6.24. The summed E-state index contributed by atoms with van der Waals surface area (Å²) in [6.45, 7) is 7.68. The summed E-state index contributed by atoms with van der Waals surface area (Å²) in [5, 5.41) is 7.29. The van der Waals surface area contributed by atoms with Gasteiger partial charge >= 0.3 is 0 Å². The summed E-state index contributed by atoms with van der Waals surface area (Å²) in [6.07, 6.45) is 3.64. The molecule has 0 unspecified atom stereocenters. The van der Waals surface area contributed by atoms with Crippen LogP contribution in [0.3, 0.4) is 0 Å². The van der Waals surface area contributed by atoms with Crippen molar-refractivity contribution in [3.05, 3.63) is 23.8 Å². The molecular formula is C17H26N2O2S. The fraction of sp³-hybridized carbons (Fsp3) is 0.588. The molecule has 0 spiro atoms. The van der Waals surface area contributed by atoms with Crippen LogP contribution in [0.2, 0.25) is 0 Å². The first kappa shape index (κ1) is 16.9. The number of fused-ring (bicyclic) bond motifs is 1. The Kier molecular flexibility index (Phi) is 6.31. The average Bonchev–Trinajstić information content (AvgIpc) is 2.92. The Bertz CT molecular complexity index is 505. The number of hydrogen-bond donors (Lipinski definition) is 2. The molecule has 0 saturated heterocycles. The van der Waals surface area contributed by atoms with Gasteiger partial charge in [0.1, 0.15) is 0 Å². The van der Waals surface area contributed by atoms with Crippen LogP contribution in [0.1, 0.15) is 45.6 Å². The molecular weight excluding hydrogens is 296 g/mol. The van der Waals surface area contributed by atoms with E-state index in [0.717, 1.165) is 29.4 Å². The van der Waals surface area contributed by atoms with Gasteiger partial charge in [0, 0.05) is 12.6 Å². The van der Waals surface area contributed by atoms with Crippen LogP contribution in [0.5, 0.6) is 11.5 Å². The van der Waals surface area contributed by atoms with Crippen molar-refractivity contribution in [3.8, 4) is 11.5 Å². The van der Waals surface area contributed by atoms with Gasteiger partial charge in [0.2, 0.25) is 6.79 Å². The van der Waals surface area contributed by atoms with E-state index >= 15 is 0 Å². The van der Waals surface area contributed by atoms with Gasteiger partial charge in [-0.1, -0.05) is 32.8 Å². The minimum Gasteiger partial charge on any atom is -0.454 e. The van der Waals surface area contributed by atoms with Crippen molar-refractivity contribution in [1.29, 1.82) is 0 Å². The van der Waals surface area contributed by atoms with Crippen LogP contribution in [0.15, 0.2) is 18.2 Å². The van der Waals surface area contributed by atoms with Gasteiger partial charge in [-0.2, -0.15) is 0 Å². The molecule has 122 valence electrons. The summed E-state index contributed by atoms with van der Waals surface area (Å²) in [6, 6.07) is 6.35. The summed E-state index contributed by atoms with van der Waals surface area (Å²) in [4.78, 5) is 0. The van der Waals surface area contributed by atoms with Crippen molar-refractivity contribution in [2.75, 3.05) is 6.79 Å². The SMILES string of the molecule is CC(C)CCC[C@H](C)NC(=S)NCc1ccc2c(c1)OCO2. The van der Waals surface area contributed by atoms with Crippen molar-refractivity contribution in [1.82, 2.24) is 10.6 Å². The number of rotatable bonds is 7. The first-order valence-electron chi connectivity index (χ1n) is 7.97. The third-order valence-corrected chi connectivity index (χ3v) is 3.95. The molecule has 0 saturated carbocycles. The Hall–Kier alpha value is -1.49. The van der Waals surface area contributed by atoms with Crippen molar-refractivity contribution in [3.63, 3.8) is 0 Å². The fourth-order valence-corrected chi connectivity index (χ4v) is 2.69. The number of nitrogens with one attached hydrogen (secondary N) is 2. The smallest absolute Gasteiger partial charge is 0.231 e. The van der Waals surface area contributed by atoms with Crippen LogP contribution < -0.4 is 20.1 Å². The standard InChI is InChI=1S/C17H26N2O2S/c1-12(2)5-4-6-13(3)19-17(22)18-10-14-7-8-15-16(9-14)21-11-20-15/h7-9,12-13H,4-6,10-11H2,1-3H3,(H2,18,19,22)/t13-/m0/s1. The van der Waals surface area contributed by atoms with Crippen molar-refractivity contribution >= 4 is 17.3 Å². The van der Waals surface area contributed by atoms with Gasteiger partial charge in [-0.3, -0.25) is 0 Å². The second-order valence-corrected chi connectivity index (χ2v) is 6.65. The van der Waals surface area contributed by atoms with Crippen molar-refractivity contribution < 1.29 is 9.47 Å². The minimum atomic E-state index is 0.306. The van der Waals surface area contributed by atoms with E-state index in [2.05, 4.69) is 31.4 Å². The molecule has 0 amide bonds. The zero-order chi connectivity index (χ0) is 15.9. The largest absolute Gasteiger partial charge is 0.454 e. The monoisotopic (exact) mass is 322 g/mol.